The average molecular weight is 360 g/mol. The Morgan fingerprint density at radius 1 is 1.05 bits per heavy atom. The molecule has 0 bridgehead atoms. The van der Waals surface area contributed by atoms with Gasteiger partial charge in [0.05, 0.1) is 37.7 Å². The molecule has 21 heavy (non-hydrogen) atoms. The van der Waals surface area contributed by atoms with Gasteiger partial charge in [-0.25, -0.2) is 4.98 Å². The summed E-state index contributed by atoms with van der Waals surface area (Å²) in [6, 6.07) is 9.28. The summed E-state index contributed by atoms with van der Waals surface area (Å²) in [4.78, 5) is 4.56. The molecular weight excluding hydrogens is 350 g/mol. The van der Waals surface area contributed by atoms with Gasteiger partial charge in [0, 0.05) is 0 Å². The molecule has 0 radical (unpaired) electrons. The molecule has 0 fully saturated rings. The van der Waals surface area contributed by atoms with E-state index in [0.717, 1.165) is 22.3 Å². The van der Waals surface area contributed by atoms with Crippen LogP contribution in [0, 0.1) is 6.92 Å². The third-order valence-electron chi connectivity index (χ3n) is 3.30. The molecule has 6 heteroatoms. The van der Waals surface area contributed by atoms with Crippen LogP contribution in [-0.2, 0) is 5.88 Å². The van der Waals surface area contributed by atoms with Crippen molar-refractivity contribution in [2.24, 2.45) is 0 Å². The fraction of sp³-hybridized carbons (Fsp3) is 0.133. The number of para-hydroxylation sites is 1. The lowest BCUT2D eigenvalue weighted by Gasteiger charge is -2.12. The van der Waals surface area contributed by atoms with Crippen molar-refractivity contribution < 1.29 is 0 Å². The zero-order chi connectivity index (χ0) is 15.1. The van der Waals surface area contributed by atoms with Gasteiger partial charge in [0.15, 0.2) is 0 Å². The summed E-state index contributed by atoms with van der Waals surface area (Å²) in [5, 5.41) is 1.35. The minimum absolute atomic E-state index is 0.269. The van der Waals surface area contributed by atoms with Crippen LogP contribution in [0.5, 0.6) is 0 Å². The Kier molecular flexibility index (Phi) is 4.06. The number of halogens is 4. The fourth-order valence-corrected chi connectivity index (χ4v) is 3.18. The van der Waals surface area contributed by atoms with Crippen molar-refractivity contribution in [3.63, 3.8) is 0 Å². The molecule has 0 saturated heterocycles. The second-order valence-corrected chi connectivity index (χ2v) is 6.15. The first-order chi connectivity index (χ1) is 10.0. The SMILES string of the molecule is Cc1cccc2nc(CCl)n(-c3cc(Cl)c(Cl)cc3Cl)c12. The second-order valence-electron chi connectivity index (χ2n) is 4.66. The molecule has 3 aromatic rings. The Morgan fingerprint density at radius 3 is 2.48 bits per heavy atom. The van der Waals surface area contributed by atoms with Gasteiger partial charge < -0.3 is 0 Å². The fourth-order valence-electron chi connectivity index (χ4n) is 2.38. The summed E-state index contributed by atoms with van der Waals surface area (Å²) < 4.78 is 1.93. The number of hydrogen-bond donors (Lipinski definition) is 0. The van der Waals surface area contributed by atoms with E-state index in [1.54, 1.807) is 12.1 Å². The molecule has 2 nitrogen and oxygen atoms in total. The Hall–Kier alpha value is -0.930. The lowest BCUT2D eigenvalue weighted by molar-refractivity contribution is 0.979. The van der Waals surface area contributed by atoms with E-state index in [-0.39, 0.29) is 5.88 Å². The molecule has 3 rings (SSSR count). The Morgan fingerprint density at radius 2 is 1.76 bits per heavy atom. The van der Waals surface area contributed by atoms with Crippen molar-refractivity contribution >= 4 is 57.4 Å². The van der Waals surface area contributed by atoms with Crippen molar-refractivity contribution in [1.29, 1.82) is 0 Å². The van der Waals surface area contributed by atoms with Gasteiger partial charge in [0.1, 0.15) is 5.82 Å². The van der Waals surface area contributed by atoms with Crippen LogP contribution >= 0.6 is 46.4 Å². The summed E-state index contributed by atoms with van der Waals surface area (Å²) in [5.74, 6) is 0.978. The first-order valence-electron chi connectivity index (χ1n) is 6.20. The molecule has 0 amide bonds. The highest BCUT2D eigenvalue weighted by atomic mass is 35.5. The number of imidazole rings is 1. The lowest BCUT2D eigenvalue weighted by atomic mass is 10.2. The number of rotatable bonds is 2. The highest BCUT2D eigenvalue weighted by Crippen LogP contribution is 2.34. The van der Waals surface area contributed by atoms with E-state index in [0.29, 0.717) is 20.9 Å². The lowest BCUT2D eigenvalue weighted by Crippen LogP contribution is -2.01. The number of nitrogens with zero attached hydrogens (tertiary/aromatic N) is 2. The number of alkyl halides is 1. The topological polar surface area (TPSA) is 17.8 Å². The standard InChI is InChI=1S/C15H10Cl4N2/c1-8-3-2-4-12-15(8)21(14(7-16)20-12)13-6-10(18)9(17)5-11(13)19/h2-6H,7H2,1H3. The summed E-state index contributed by atoms with van der Waals surface area (Å²) in [6.07, 6.45) is 0. The molecule has 0 aliphatic carbocycles. The van der Waals surface area contributed by atoms with E-state index in [1.165, 1.54) is 0 Å². The van der Waals surface area contributed by atoms with Crippen LogP contribution in [0.1, 0.15) is 11.4 Å². The molecule has 1 aromatic heterocycles. The quantitative estimate of drug-likeness (QED) is 0.403. The Bertz CT molecular complexity index is 839. The van der Waals surface area contributed by atoms with Crippen molar-refractivity contribution in [3.05, 3.63) is 56.8 Å². The van der Waals surface area contributed by atoms with Gasteiger partial charge in [-0.2, -0.15) is 0 Å². The number of hydrogen-bond acceptors (Lipinski definition) is 1. The molecule has 2 aromatic carbocycles. The maximum Gasteiger partial charge on any atom is 0.129 e. The summed E-state index contributed by atoms with van der Waals surface area (Å²) >= 11 is 24.5. The van der Waals surface area contributed by atoms with E-state index >= 15 is 0 Å². The summed E-state index contributed by atoms with van der Waals surface area (Å²) in [5.41, 5.74) is 3.64. The van der Waals surface area contributed by atoms with Gasteiger partial charge in [0.2, 0.25) is 0 Å². The highest BCUT2D eigenvalue weighted by Gasteiger charge is 2.17. The third-order valence-corrected chi connectivity index (χ3v) is 4.56. The molecule has 0 aliphatic heterocycles. The molecule has 0 atom stereocenters. The van der Waals surface area contributed by atoms with Gasteiger partial charge in [-0.05, 0) is 30.7 Å². The molecule has 108 valence electrons. The predicted molar refractivity (Wildman–Crippen MR) is 90.4 cm³/mol. The minimum Gasteiger partial charge on any atom is -0.293 e. The Balaban J connectivity index is 2.41. The van der Waals surface area contributed by atoms with Crippen LogP contribution in [0.3, 0.4) is 0 Å². The molecule has 0 spiro atoms. The number of fused-ring (bicyclic) bond motifs is 1. The van der Waals surface area contributed by atoms with E-state index in [9.17, 15) is 0 Å². The molecule has 0 saturated carbocycles. The monoisotopic (exact) mass is 358 g/mol. The van der Waals surface area contributed by atoms with Gasteiger partial charge in [-0.15, -0.1) is 11.6 Å². The predicted octanol–water partition coefficient (Wildman–Crippen LogP) is 6.03. The molecule has 0 aliphatic rings. The zero-order valence-corrected chi connectivity index (χ0v) is 14.0. The molecule has 0 unspecified atom stereocenters. The van der Waals surface area contributed by atoms with E-state index in [4.69, 9.17) is 46.4 Å². The first kappa shape index (κ1) is 15.0. The largest absolute Gasteiger partial charge is 0.293 e. The van der Waals surface area contributed by atoms with Crippen molar-refractivity contribution in [2.45, 2.75) is 12.8 Å². The average Bonchev–Trinajstić information content (AvgIpc) is 2.82. The molecular formula is C15H10Cl4N2. The minimum atomic E-state index is 0.269. The molecule has 1 heterocycles. The smallest absolute Gasteiger partial charge is 0.129 e. The first-order valence-corrected chi connectivity index (χ1v) is 7.87. The third kappa shape index (κ3) is 2.51. The maximum atomic E-state index is 6.34. The van der Waals surface area contributed by atoms with Crippen LogP contribution in [0.2, 0.25) is 15.1 Å². The number of aromatic nitrogens is 2. The maximum absolute atomic E-state index is 6.34. The van der Waals surface area contributed by atoms with Crippen molar-refractivity contribution in [2.75, 3.05) is 0 Å². The zero-order valence-electron chi connectivity index (χ0n) is 11.0. The van der Waals surface area contributed by atoms with Gasteiger partial charge in [-0.1, -0.05) is 46.9 Å². The van der Waals surface area contributed by atoms with Crippen LogP contribution in [-0.4, -0.2) is 9.55 Å². The normalized spacial score (nSPS) is 11.3. The van der Waals surface area contributed by atoms with Gasteiger partial charge >= 0.3 is 0 Å². The van der Waals surface area contributed by atoms with E-state index < -0.39 is 0 Å². The summed E-state index contributed by atoms with van der Waals surface area (Å²) in [7, 11) is 0. The van der Waals surface area contributed by atoms with Gasteiger partial charge in [0.25, 0.3) is 0 Å². The van der Waals surface area contributed by atoms with E-state index in [1.807, 2.05) is 29.7 Å². The Labute approximate surface area is 142 Å². The summed E-state index contributed by atoms with van der Waals surface area (Å²) in [6.45, 7) is 2.02. The number of aryl methyl sites for hydroxylation is 1. The number of benzene rings is 2. The van der Waals surface area contributed by atoms with Crippen molar-refractivity contribution in [3.8, 4) is 5.69 Å². The van der Waals surface area contributed by atoms with E-state index in [2.05, 4.69) is 4.98 Å². The van der Waals surface area contributed by atoms with Crippen LogP contribution in [0.15, 0.2) is 30.3 Å². The van der Waals surface area contributed by atoms with Gasteiger partial charge in [-0.3, -0.25) is 4.57 Å². The van der Waals surface area contributed by atoms with Crippen LogP contribution < -0.4 is 0 Å². The van der Waals surface area contributed by atoms with Crippen LogP contribution in [0.4, 0.5) is 0 Å². The van der Waals surface area contributed by atoms with Crippen molar-refractivity contribution in [1.82, 2.24) is 9.55 Å². The second kappa shape index (κ2) is 5.69. The van der Waals surface area contributed by atoms with Crippen LogP contribution in [0.25, 0.3) is 16.7 Å². The molecule has 0 N–H and O–H groups in total. The highest BCUT2D eigenvalue weighted by molar-refractivity contribution is 6.43.